The van der Waals surface area contributed by atoms with Crippen LogP contribution in [0.2, 0.25) is 0 Å². The monoisotopic (exact) mass is 1460 g/mol. The van der Waals surface area contributed by atoms with Crippen molar-refractivity contribution in [2.45, 2.75) is 26.2 Å². The number of nitrogens with one attached hydrogen (secondary N) is 2. The van der Waals surface area contributed by atoms with Gasteiger partial charge < -0.3 is 64.8 Å². The molecule has 0 atom stereocenters. The molecule has 5 heterocycles. The zero-order chi connectivity index (χ0) is 76.9. The molecule has 20 nitrogen and oxygen atoms in total. The molecule has 2 aliphatic rings. The molecule has 0 aliphatic carbocycles. The molecule has 0 unspecified atom stereocenters. The number of fused-ring (bicyclic) bond motifs is 20. The molecular formula is C88H114N16O4+8. The molecule has 3 aromatic heterocycles. The molecule has 0 amide bonds. The molecule has 0 saturated heterocycles. The van der Waals surface area contributed by atoms with Crippen molar-refractivity contribution in [3.05, 3.63) is 192 Å². The molecule has 20 heteroatoms. The van der Waals surface area contributed by atoms with E-state index in [1.807, 2.05) is 72.8 Å². The molecule has 8 aromatic carbocycles. The summed E-state index contributed by atoms with van der Waals surface area (Å²) >= 11 is 0. The number of rotatable bonds is 28. The Kier molecular flexibility index (Phi) is 20.8. The highest BCUT2D eigenvalue weighted by Crippen LogP contribution is 2.42. The Bertz CT molecular complexity index is 4940. The summed E-state index contributed by atoms with van der Waals surface area (Å²) in [4.78, 5) is 39.9. The fourth-order valence-corrected chi connectivity index (χ4v) is 13.7. The lowest BCUT2D eigenvalue weighted by atomic mass is 10.1. The minimum Gasteiger partial charge on any atom is -0.457 e. The number of aromatic nitrogens is 8. The molecule has 8 bridgehead atoms. The van der Waals surface area contributed by atoms with Gasteiger partial charge in [0, 0.05) is 66.1 Å². The number of hydrogen-bond acceptors (Lipinski definition) is 10. The highest BCUT2D eigenvalue weighted by molar-refractivity contribution is 6.07. The number of nitrogens with zero attached hydrogens (tertiary/aromatic N) is 14. The van der Waals surface area contributed by atoms with Gasteiger partial charge in [-0.2, -0.15) is 0 Å². The lowest BCUT2D eigenvalue weighted by molar-refractivity contribution is -0.945. The van der Waals surface area contributed by atoms with Gasteiger partial charge in [0.05, 0.1) is 141 Å². The van der Waals surface area contributed by atoms with Crippen LogP contribution in [0, 0.1) is 0 Å². The van der Waals surface area contributed by atoms with Gasteiger partial charge in [-0.05, 0) is 170 Å². The van der Waals surface area contributed by atoms with Crippen LogP contribution in [0.4, 0.5) is 0 Å². The van der Waals surface area contributed by atoms with E-state index in [1.165, 1.54) is 22.3 Å². The van der Waals surface area contributed by atoms with Crippen molar-refractivity contribution in [1.29, 1.82) is 0 Å². The van der Waals surface area contributed by atoms with Gasteiger partial charge >= 0.3 is 0 Å². The van der Waals surface area contributed by atoms with Crippen LogP contribution in [0.25, 0.3) is 89.7 Å². The first-order valence-electron chi connectivity index (χ1n) is 37.7. The van der Waals surface area contributed by atoms with Crippen LogP contribution in [-0.4, -0.2) is 269 Å². The van der Waals surface area contributed by atoms with Gasteiger partial charge in [-0.15, -0.1) is 0 Å². The number of H-pyrrole nitrogens is 2. The Hall–Kier alpha value is -10.0. The number of ether oxygens (including phenoxy) is 4. The van der Waals surface area contributed by atoms with E-state index in [2.05, 4.69) is 248 Å². The van der Waals surface area contributed by atoms with Gasteiger partial charge in [0.1, 0.15) is 147 Å². The van der Waals surface area contributed by atoms with Crippen LogP contribution >= 0.6 is 0 Å². The fraction of sp³-hybridized carbons (Fsp3) is 0.364. The second-order valence-electron chi connectivity index (χ2n) is 36.7. The summed E-state index contributed by atoms with van der Waals surface area (Å²) in [6.45, 7) is 12.1. The summed E-state index contributed by atoms with van der Waals surface area (Å²) < 4.78 is 34.1. The van der Waals surface area contributed by atoms with Crippen LogP contribution in [0.5, 0.6) is 46.0 Å². The smallest absolute Gasteiger partial charge is 0.164 e. The van der Waals surface area contributed by atoms with E-state index in [0.29, 0.717) is 68.9 Å². The third-order valence-electron chi connectivity index (χ3n) is 20.3. The third-order valence-corrected chi connectivity index (χ3v) is 20.3. The lowest BCUT2D eigenvalue weighted by Crippen LogP contribution is -2.48. The lowest BCUT2D eigenvalue weighted by Gasteiger charge is -2.33. The van der Waals surface area contributed by atoms with Crippen LogP contribution in [-0.2, 0) is 26.2 Å². The zero-order valence-electron chi connectivity index (χ0n) is 67.5. The zero-order valence-corrected chi connectivity index (χ0v) is 67.5. The van der Waals surface area contributed by atoms with Crippen LogP contribution in [0.3, 0.4) is 0 Å². The summed E-state index contributed by atoms with van der Waals surface area (Å²) in [5.74, 6) is 7.16. The fourth-order valence-electron chi connectivity index (χ4n) is 13.7. The average molecular weight is 1460 g/mol. The first-order valence-corrected chi connectivity index (χ1v) is 37.7. The van der Waals surface area contributed by atoms with Gasteiger partial charge in [-0.25, -0.2) is 29.9 Å². The molecule has 0 spiro atoms. The minimum atomic E-state index is 0.434. The van der Waals surface area contributed by atoms with E-state index < -0.39 is 0 Å². The summed E-state index contributed by atoms with van der Waals surface area (Å²) in [5, 5.41) is 3.13. The van der Waals surface area contributed by atoms with Gasteiger partial charge in [0.15, 0.2) is 23.3 Å². The van der Waals surface area contributed by atoms with E-state index >= 15 is 0 Å². The van der Waals surface area contributed by atoms with Crippen molar-refractivity contribution in [2.75, 3.05) is 193 Å². The van der Waals surface area contributed by atoms with E-state index in [1.54, 1.807) is 0 Å². The van der Waals surface area contributed by atoms with Crippen LogP contribution in [0.1, 0.15) is 22.3 Å². The normalized spacial score (nSPS) is 13.1. The van der Waals surface area contributed by atoms with Crippen molar-refractivity contribution in [1.82, 2.24) is 39.9 Å². The molecule has 0 fully saturated rings. The predicted octanol–water partition coefficient (Wildman–Crippen LogP) is 15.2. The van der Waals surface area contributed by atoms with Crippen molar-refractivity contribution < 1.29 is 54.8 Å². The maximum atomic E-state index is 6.73. The molecule has 562 valence electrons. The maximum absolute atomic E-state index is 6.73. The molecule has 11 aromatic rings. The largest absolute Gasteiger partial charge is 0.457 e. The second kappa shape index (κ2) is 29.5. The Morgan fingerprint density at radius 2 is 0.444 bits per heavy atom. The Morgan fingerprint density at radius 3 is 0.704 bits per heavy atom. The second-order valence-corrected chi connectivity index (χ2v) is 36.7. The van der Waals surface area contributed by atoms with Crippen molar-refractivity contribution in [2.24, 2.45) is 0 Å². The molecule has 13 rings (SSSR count). The molecule has 2 N–H and O–H groups in total. The van der Waals surface area contributed by atoms with Crippen LogP contribution in [0.15, 0.2) is 170 Å². The van der Waals surface area contributed by atoms with Crippen molar-refractivity contribution in [3.63, 3.8) is 0 Å². The molecule has 2 aliphatic heterocycles. The van der Waals surface area contributed by atoms with E-state index in [9.17, 15) is 0 Å². The SMILES string of the molecule is C[N+](C)(C)CC[N+](C)(C)Cc1ccc(Oc2ccc3c(c2)-c2nc-3nc3[nH]c(nc4nc(nc5[nH]c(n2)c2ccc(Oc6ccc(C[N+](C)(C)CC[N+](C)(C)C)cc6)cc52)-c2ccc(Oc5ccc(C[N+](C)(C)CC[N+](C)(C)C)cc5)cc2-4)c2ccc(Oc4ccc(C[N+](C)(C)CC[N+](C)(C)C)cc4)cc32)cc1. The Morgan fingerprint density at radius 1 is 0.222 bits per heavy atom. The summed E-state index contributed by atoms with van der Waals surface area (Å²) in [7, 11) is 45.3. The van der Waals surface area contributed by atoms with Gasteiger partial charge in [-0.3, -0.25) is 0 Å². The van der Waals surface area contributed by atoms with Gasteiger partial charge in [0.25, 0.3) is 0 Å². The van der Waals surface area contributed by atoms with Gasteiger partial charge in [0.2, 0.25) is 0 Å². The molecule has 0 saturated carbocycles. The van der Waals surface area contributed by atoms with E-state index in [-0.39, 0.29) is 0 Å². The topological polar surface area (TPSA) is 146 Å². The Labute approximate surface area is 638 Å². The highest BCUT2D eigenvalue weighted by atomic mass is 16.5. The number of hydrogen-bond donors (Lipinski definition) is 2. The number of likely N-dealkylation sites (N-methyl/N-ethyl adjacent to an activating group) is 8. The molecular weight excluding hydrogens is 1350 g/mol. The van der Waals surface area contributed by atoms with Crippen LogP contribution < -0.4 is 18.9 Å². The van der Waals surface area contributed by atoms with Crippen molar-refractivity contribution >= 4 is 44.1 Å². The Balaban J connectivity index is 0.930. The average Bonchev–Trinajstić information content (AvgIpc) is 1.60. The van der Waals surface area contributed by atoms with E-state index in [4.69, 9.17) is 48.9 Å². The first-order chi connectivity index (χ1) is 50.7. The molecule has 108 heavy (non-hydrogen) atoms. The number of aromatic amines is 2. The van der Waals surface area contributed by atoms with Gasteiger partial charge in [-0.1, -0.05) is 0 Å². The first kappa shape index (κ1) is 76.2. The standard InChI is InChI=1S/C88H114N16O4/c1-97(2,3)45-49-101(13,14)57-61-21-29-65(30-22-61)105-69-37-41-73-77(53-69)85-89-81(73)94-86-79-55-71(107-67-33-25-63(26-34-67)59-103(17,18)51-47-99(7,8)9)39-43-75(79)83(91-86)96-88-80-56-72(108-68-35-27-64(28-36-68)60-104(19,20)52-48-100(10,11)12)40-44-76(80)84(92-88)95-87-78-54-70(38-42-74(78)82(90-87)93-85)106-66-31-23-62(24-32-66)58-102(15,16)50-46-98(4,5)6/h21-44,53-56H,45-52,57-60H2,1-20H3,(H2,89,90,91,92,93,94,95,96)/q+8. The minimum absolute atomic E-state index is 0.434. The summed E-state index contributed by atoms with van der Waals surface area (Å²) in [6.07, 6.45) is 0. The van der Waals surface area contributed by atoms with Crippen molar-refractivity contribution in [3.8, 4) is 91.5 Å². The summed E-state index contributed by atoms with van der Waals surface area (Å²) in [6, 6.07) is 57.8. The quantitative estimate of drug-likeness (QED) is 0.0455. The number of quaternary nitrogens is 8. The van der Waals surface area contributed by atoms with E-state index in [0.717, 1.165) is 181 Å². The number of benzene rings is 8. The molecule has 0 radical (unpaired) electrons. The highest BCUT2D eigenvalue weighted by Gasteiger charge is 2.29. The third kappa shape index (κ3) is 19.6. The predicted molar refractivity (Wildman–Crippen MR) is 436 cm³/mol. The maximum Gasteiger partial charge on any atom is 0.164 e. The summed E-state index contributed by atoms with van der Waals surface area (Å²) in [5.41, 5.74) is 10.1.